The second-order valence-corrected chi connectivity index (χ2v) is 5.70. The summed E-state index contributed by atoms with van der Waals surface area (Å²) < 4.78 is 51.7. The van der Waals surface area contributed by atoms with Crippen molar-refractivity contribution in [3.05, 3.63) is 0 Å². The lowest BCUT2D eigenvalue weighted by atomic mass is 9.84. The van der Waals surface area contributed by atoms with E-state index in [1.165, 1.54) is 0 Å². The van der Waals surface area contributed by atoms with E-state index in [4.69, 9.17) is 0 Å². The van der Waals surface area contributed by atoms with Gasteiger partial charge in [0, 0.05) is 10.7 Å². The van der Waals surface area contributed by atoms with E-state index in [9.17, 15) is 17.6 Å². The second-order valence-electron chi connectivity index (χ2n) is 3.53. The normalized spacial score (nSPS) is 30.4. The third kappa shape index (κ3) is 2.43. The van der Waals surface area contributed by atoms with Gasteiger partial charge in [0.2, 0.25) is 0 Å². The Morgan fingerprint density at radius 1 is 1.00 bits per heavy atom. The van der Waals surface area contributed by atoms with E-state index in [1.54, 1.807) is 15.9 Å². The second kappa shape index (κ2) is 4.28. The van der Waals surface area contributed by atoms with Crippen LogP contribution in [0.25, 0.3) is 0 Å². The number of hydrogen-bond donors (Lipinski definition) is 0. The molecular weight excluding hydrogens is 332 g/mol. The van der Waals surface area contributed by atoms with Gasteiger partial charge in [-0.2, -0.15) is 17.6 Å². The molecule has 0 saturated heterocycles. The Morgan fingerprint density at radius 2 is 1.50 bits per heavy atom. The average Bonchev–Trinajstić information content (AvgIpc) is 2.02. The van der Waals surface area contributed by atoms with Crippen molar-refractivity contribution in [2.45, 2.75) is 41.3 Å². The van der Waals surface area contributed by atoms with Crippen LogP contribution >= 0.6 is 31.9 Å². The molecule has 6 heteroatoms. The van der Waals surface area contributed by atoms with Gasteiger partial charge >= 0.3 is 10.8 Å². The molecule has 0 unspecified atom stereocenters. The minimum absolute atomic E-state index is 0.143. The molecule has 1 saturated carbocycles. The molecule has 0 amide bonds. The Morgan fingerprint density at radius 3 is 1.93 bits per heavy atom. The van der Waals surface area contributed by atoms with E-state index in [-0.39, 0.29) is 6.42 Å². The van der Waals surface area contributed by atoms with Gasteiger partial charge in [0.1, 0.15) is 0 Å². The first-order valence-electron chi connectivity index (χ1n) is 4.35. The van der Waals surface area contributed by atoms with E-state index in [0.29, 0.717) is 12.8 Å². The van der Waals surface area contributed by atoms with E-state index < -0.39 is 21.5 Å². The van der Waals surface area contributed by atoms with Crippen LogP contribution in [0.4, 0.5) is 17.6 Å². The molecule has 1 fully saturated rings. The zero-order chi connectivity index (χ0) is 11.0. The topological polar surface area (TPSA) is 0 Å². The first-order valence-corrected chi connectivity index (χ1v) is 6.06. The summed E-state index contributed by atoms with van der Waals surface area (Å²) in [7, 11) is 0. The van der Waals surface area contributed by atoms with Crippen molar-refractivity contribution in [2.24, 2.45) is 5.92 Å². The fourth-order valence-electron chi connectivity index (χ4n) is 1.70. The lowest BCUT2D eigenvalue weighted by molar-refractivity contribution is -0.185. The van der Waals surface area contributed by atoms with Crippen molar-refractivity contribution in [3.8, 4) is 0 Å². The largest absolute Gasteiger partial charge is 0.363 e. The van der Waals surface area contributed by atoms with Gasteiger partial charge in [0.05, 0.1) is 0 Å². The molecule has 0 aromatic heterocycles. The first kappa shape index (κ1) is 12.7. The predicted octanol–water partition coefficient (Wildman–Crippen LogP) is 4.56. The van der Waals surface area contributed by atoms with Gasteiger partial charge in [-0.25, -0.2) is 0 Å². The van der Waals surface area contributed by atoms with Crippen molar-refractivity contribution in [3.63, 3.8) is 0 Å². The molecule has 84 valence electrons. The molecule has 0 radical (unpaired) electrons. The van der Waals surface area contributed by atoms with Crippen LogP contribution < -0.4 is 0 Å². The van der Waals surface area contributed by atoms with Crippen molar-refractivity contribution >= 4 is 31.9 Å². The van der Waals surface area contributed by atoms with Crippen molar-refractivity contribution in [1.82, 2.24) is 0 Å². The molecule has 0 heterocycles. The minimum atomic E-state index is -4.12. The fourth-order valence-corrected chi connectivity index (χ4v) is 2.92. The maximum absolute atomic E-state index is 13.2. The summed E-state index contributed by atoms with van der Waals surface area (Å²) in [5, 5.41) is 0. The summed E-state index contributed by atoms with van der Waals surface area (Å²) in [4.78, 5) is -4.64. The maximum Gasteiger partial charge on any atom is 0.363 e. The van der Waals surface area contributed by atoms with Crippen molar-refractivity contribution in [2.75, 3.05) is 0 Å². The highest BCUT2D eigenvalue weighted by Gasteiger charge is 2.60. The van der Waals surface area contributed by atoms with E-state index in [2.05, 4.69) is 15.9 Å². The highest BCUT2D eigenvalue weighted by molar-refractivity contribution is 9.10. The monoisotopic (exact) mass is 340 g/mol. The van der Waals surface area contributed by atoms with Gasteiger partial charge in [0.25, 0.3) is 0 Å². The Kier molecular flexibility index (Phi) is 3.89. The van der Waals surface area contributed by atoms with Crippen molar-refractivity contribution in [1.29, 1.82) is 0 Å². The summed E-state index contributed by atoms with van der Waals surface area (Å²) in [6.07, 6.45) is 2.08. The average molecular weight is 342 g/mol. The lowest BCUT2D eigenvalue weighted by Crippen LogP contribution is -2.47. The molecule has 1 rings (SSSR count). The quantitative estimate of drug-likeness (QED) is 0.510. The Labute approximate surface area is 96.7 Å². The van der Waals surface area contributed by atoms with Crippen molar-refractivity contribution < 1.29 is 17.6 Å². The summed E-state index contributed by atoms with van der Waals surface area (Å²) in [6, 6.07) is 0. The molecule has 1 aliphatic rings. The number of alkyl halides is 6. The van der Waals surface area contributed by atoms with Crippen LogP contribution in [-0.2, 0) is 0 Å². The SMILES string of the molecule is FC(F)(Br)C(F)(F)[C@H]1CCCC[C@H]1Br. The molecule has 0 aromatic rings. The Hall–Kier alpha value is 0.680. The molecule has 2 atom stereocenters. The van der Waals surface area contributed by atoms with Gasteiger partial charge in [0.15, 0.2) is 0 Å². The molecular formula is C8H10Br2F4. The highest BCUT2D eigenvalue weighted by Crippen LogP contribution is 2.50. The Bertz CT molecular complexity index is 202. The lowest BCUT2D eigenvalue weighted by Gasteiger charge is -2.35. The Balaban J connectivity index is 2.79. The fraction of sp³-hybridized carbons (Fsp3) is 1.00. The van der Waals surface area contributed by atoms with Gasteiger partial charge in [-0.3, -0.25) is 0 Å². The van der Waals surface area contributed by atoms with E-state index in [0.717, 1.165) is 6.42 Å². The third-order valence-electron chi connectivity index (χ3n) is 2.53. The summed E-state index contributed by atoms with van der Waals surface area (Å²) >= 11 is 4.81. The molecule has 0 bridgehead atoms. The third-order valence-corrected chi connectivity index (χ3v) is 4.15. The molecule has 0 N–H and O–H groups in total. The smallest absolute Gasteiger partial charge is 0.198 e. The molecule has 0 spiro atoms. The highest BCUT2D eigenvalue weighted by atomic mass is 79.9. The maximum atomic E-state index is 13.2. The zero-order valence-electron chi connectivity index (χ0n) is 7.25. The first-order chi connectivity index (χ1) is 6.27. The number of hydrogen-bond acceptors (Lipinski definition) is 0. The van der Waals surface area contributed by atoms with Gasteiger partial charge in [-0.1, -0.05) is 28.8 Å². The van der Waals surface area contributed by atoms with E-state index in [1.807, 2.05) is 0 Å². The van der Waals surface area contributed by atoms with Gasteiger partial charge in [-0.15, -0.1) is 0 Å². The molecule has 0 nitrogen and oxygen atoms in total. The van der Waals surface area contributed by atoms with Crippen LogP contribution in [0.1, 0.15) is 25.7 Å². The van der Waals surface area contributed by atoms with Crippen LogP contribution in [0, 0.1) is 5.92 Å². The number of halogens is 6. The number of rotatable bonds is 2. The molecule has 0 aliphatic heterocycles. The van der Waals surface area contributed by atoms with E-state index >= 15 is 0 Å². The summed E-state index contributed by atoms with van der Waals surface area (Å²) in [5.74, 6) is -5.27. The van der Waals surface area contributed by atoms with Crippen LogP contribution in [0.3, 0.4) is 0 Å². The standard InChI is InChI=1S/C8H10Br2F4/c9-6-4-2-1-3-5(6)7(11,12)8(10,13)14/h5-6H,1-4H2/t5-,6+/m0/s1. The van der Waals surface area contributed by atoms with Gasteiger partial charge in [-0.05, 0) is 28.8 Å². The van der Waals surface area contributed by atoms with Gasteiger partial charge < -0.3 is 0 Å². The molecule has 0 aromatic carbocycles. The van der Waals surface area contributed by atoms with Crippen LogP contribution in [0.2, 0.25) is 0 Å². The zero-order valence-corrected chi connectivity index (χ0v) is 10.4. The predicted molar refractivity (Wildman–Crippen MR) is 53.5 cm³/mol. The summed E-state index contributed by atoms with van der Waals surface area (Å²) in [6.45, 7) is 0. The summed E-state index contributed by atoms with van der Waals surface area (Å²) in [5.41, 5.74) is 0. The molecule has 1 aliphatic carbocycles. The molecule has 14 heavy (non-hydrogen) atoms. The minimum Gasteiger partial charge on any atom is -0.198 e. The van der Waals surface area contributed by atoms with Crippen LogP contribution in [0.15, 0.2) is 0 Å². The van der Waals surface area contributed by atoms with Crippen LogP contribution in [-0.4, -0.2) is 15.6 Å². The van der Waals surface area contributed by atoms with Crippen LogP contribution in [0.5, 0.6) is 0 Å².